The van der Waals surface area contributed by atoms with E-state index in [2.05, 4.69) is 14.9 Å². The van der Waals surface area contributed by atoms with Crippen molar-refractivity contribution in [2.45, 2.75) is 12.8 Å². The molecule has 150 valence electrons. The van der Waals surface area contributed by atoms with Crippen molar-refractivity contribution >= 4 is 23.1 Å². The van der Waals surface area contributed by atoms with Gasteiger partial charge >= 0.3 is 0 Å². The topological polar surface area (TPSA) is 70.4 Å². The Kier molecular flexibility index (Phi) is 5.67. The minimum absolute atomic E-state index is 0.00377. The predicted molar refractivity (Wildman–Crippen MR) is 113 cm³/mol. The van der Waals surface area contributed by atoms with Crippen molar-refractivity contribution < 1.29 is 9.53 Å². The number of ether oxygens (including phenoxy) is 1. The van der Waals surface area contributed by atoms with Crippen LogP contribution in [0.5, 0.6) is 5.75 Å². The number of benzene rings is 1. The normalized spacial score (nSPS) is 14.9. The molecule has 2 aromatic rings. The van der Waals surface area contributed by atoms with Gasteiger partial charge in [-0.15, -0.1) is 0 Å². The summed E-state index contributed by atoms with van der Waals surface area (Å²) in [5.41, 5.74) is 2.32. The summed E-state index contributed by atoms with van der Waals surface area (Å²) in [6.45, 7) is 3.01. The molecule has 0 unspecified atom stereocenters. The fourth-order valence-electron chi connectivity index (χ4n) is 3.52. The molecule has 0 bridgehead atoms. The van der Waals surface area contributed by atoms with Crippen LogP contribution >= 0.6 is 0 Å². The van der Waals surface area contributed by atoms with Crippen molar-refractivity contribution in [1.82, 2.24) is 14.8 Å². The SMILES string of the molecule is CN(C)CCCOc1cccc2c1N=C(CC(=O)c1cccnc1)N1CCN=C21. The summed E-state index contributed by atoms with van der Waals surface area (Å²) in [5.74, 6) is 2.33. The van der Waals surface area contributed by atoms with Gasteiger partial charge in [0.1, 0.15) is 23.1 Å². The van der Waals surface area contributed by atoms with Gasteiger partial charge in [0.15, 0.2) is 5.78 Å². The molecule has 0 spiro atoms. The third kappa shape index (κ3) is 4.19. The van der Waals surface area contributed by atoms with Crippen LogP contribution < -0.4 is 4.74 Å². The summed E-state index contributed by atoms with van der Waals surface area (Å²) < 4.78 is 6.04. The average molecular weight is 391 g/mol. The number of ketones is 1. The quantitative estimate of drug-likeness (QED) is 0.511. The third-order valence-electron chi connectivity index (χ3n) is 4.94. The van der Waals surface area contributed by atoms with E-state index in [4.69, 9.17) is 9.73 Å². The van der Waals surface area contributed by atoms with Crippen LogP contribution in [0.4, 0.5) is 5.69 Å². The molecule has 1 aromatic carbocycles. The number of carbonyl (C=O) groups excluding carboxylic acids is 1. The van der Waals surface area contributed by atoms with Gasteiger partial charge in [-0.1, -0.05) is 6.07 Å². The van der Waals surface area contributed by atoms with Crippen molar-refractivity contribution in [1.29, 1.82) is 0 Å². The Labute approximate surface area is 170 Å². The third-order valence-corrected chi connectivity index (χ3v) is 4.94. The molecule has 7 nitrogen and oxygen atoms in total. The highest BCUT2D eigenvalue weighted by Gasteiger charge is 2.32. The molecule has 0 amide bonds. The lowest BCUT2D eigenvalue weighted by Crippen LogP contribution is -2.38. The molecule has 0 aliphatic carbocycles. The van der Waals surface area contributed by atoms with Gasteiger partial charge in [0.2, 0.25) is 0 Å². The molecule has 2 aliphatic rings. The molecule has 0 saturated carbocycles. The van der Waals surface area contributed by atoms with E-state index in [1.807, 2.05) is 37.2 Å². The molecule has 2 aliphatic heterocycles. The van der Waals surface area contributed by atoms with E-state index in [9.17, 15) is 4.79 Å². The number of nitrogens with zero attached hydrogens (tertiary/aromatic N) is 5. The van der Waals surface area contributed by atoms with Crippen molar-refractivity contribution in [2.24, 2.45) is 9.98 Å². The highest BCUT2D eigenvalue weighted by Crippen LogP contribution is 2.37. The number of hydrogen-bond acceptors (Lipinski definition) is 7. The number of fused-ring (bicyclic) bond motifs is 3. The maximum atomic E-state index is 12.7. The van der Waals surface area contributed by atoms with Crippen LogP contribution in [0.1, 0.15) is 28.8 Å². The number of rotatable bonds is 8. The molecule has 0 radical (unpaired) electrons. The van der Waals surface area contributed by atoms with E-state index in [0.29, 0.717) is 24.6 Å². The maximum absolute atomic E-state index is 12.7. The van der Waals surface area contributed by atoms with Crippen molar-refractivity contribution in [2.75, 3.05) is 40.3 Å². The summed E-state index contributed by atoms with van der Waals surface area (Å²) in [4.78, 5) is 30.5. The van der Waals surface area contributed by atoms with Crippen LogP contribution in [0.15, 0.2) is 52.7 Å². The molecule has 0 N–H and O–H groups in total. The van der Waals surface area contributed by atoms with Gasteiger partial charge in [-0.3, -0.25) is 14.8 Å². The van der Waals surface area contributed by atoms with Crippen LogP contribution in [-0.4, -0.2) is 72.6 Å². The number of Topliss-reactive ketones (excluding diaryl/α,β-unsaturated/α-hetero) is 1. The fourth-order valence-corrected chi connectivity index (χ4v) is 3.52. The lowest BCUT2D eigenvalue weighted by atomic mass is 10.1. The van der Waals surface area contributed by atoms with E-state index in [0.717, 1.165) is 42.3 Å². The first-order valence-electron chi connectivity index (χ1n) is 9.87. The van der Waals surface area contributed by atoms with Gasteiger partial charge in [0.05, 0.1) is 19.6 Å². The Morgan fingerprint density at radius 3 is 2.93 bits per heavy atom. The van der Waals surface area contributed by atoms with Crippen LogP contribution in [0.3, 0.4) is 0 Å². The second-order valence-electron chi connectivity index (χ2n) is 7.38. The van der Waals surface area contributed by atoms with E-state index >= 15 is 0 Å². The van der Waals surface area contributed by atoms with E-state index in [-0.39, 0.29) is 12.2 Å². The molecule has 29 heavy (non-hydrogen) atoms. The molecule has 3 heterocycles. The molecule has 1 aromatic heterocycles. The number of aromatic nitrogens is 1. The van der Waals surface area contributed by atoms with Gasteiger partial charge < -0.3 is 14.5 Å². The van der Waals surface area contributed by atoms with Crippen LogP contribution in [-0.2, 0) is 0 Å². The first-order valence-corrected chi connectivity index (χ1v) is 9.87. The van der Waals surface area contributed by atoms with Gasteiger partial charge in [-0.2, -0.15) is 0 Å². The first-order chi connectivity index (χ1) is 14.1. The lowest BCUT2D eigenvalue weighted by Gasteiger charge is -2.28. The summed E-state index contributed by atoms with van der Waals surface area (Å²) >= 11 is 0. The average Bonchev–Trinajstić information content (AvgIpc) is 3.22. The van der Waals surface area contributed by atoms with E-state index < -0.39 is 0 Å². The Hall–Kier alpha value is -3.06. The van der Waals surface area contributed by atoms with Crippen LogP contribution in [0, 0.1) is 0 Å². The van der Waals surface area contributed by atoms with Crippen LogP contribution in [0.25, 0.3) is 0 Å². The largest absolute Gasteiger partial charge is 0.491 e. The number of amidine groups is 2. The molecule has 4 rings (SSSR count). The molecule has 0 atom stereocenters. The van der Waals surface area contributed by atoms with Gasteiger partial charge in [0.25, 0.3) is 0 Å². The smallest absolute Gasteiger partial charge is 0.171 e. The molecule has 0 fully saturated rings. The summed E-state index contributed by atoms with van der Waals surface area (Å²) in [6, 6.07) is 9.48. The number of hydrogen-bond donors (Lipinski definition) is 0. The van der Waals surface area contributed by atoms with E-state index in [1.54, 1.807) is 24.5 Å². The Morgan fingerprint density at radius 1 is 1.24 bits per heavy atom. The van der Waals surface area contributed by atoms with Crippen molar-refractivity contribution in [3.63, 3.8) is 0 Å². The molecule has 7 heteroatoms. The fraction of sp³-hybridized carbons (Fsp3) is 0.364. The molecular weight excluding hydrogens is 366 g/mol. The standard InChI is InChI=1S/C22H25N5O2/c1-26(2)11-5-13-29-19-8-3-7-17-21(19)25-20(27-12-10-24-22(17)27)14-18(28)16-6-4-9-23-15-16/h3-4,6-9,15H,5,10-14H2,1-2H3. The highest BCUT2D eigenvalue weighted by atomic mass is 16.5. The lowest BCUT2D eigenvalue weighted by molar-refractivity contribution is 0.0998. The number of aliphatic imine (C=N–C) groups is 2. The van der Waals surface area contributed by atoms with Gasteiger partial charge in [0, 0.05) is 36.6 Å². The summed E-state index contributed by atoms with van der Waals surface area (Å²) in [6.07, 6.45) is 4.40. The van der Waals surface area contributed by atoms with Crippen LogP contribution in [0.2, 0.25) is 0 Å². The maximum Gasteiger partial charge on any atom is 0.171 e. The van der Waals surface area contributed by atoms with Crippen molar-refractivity contribution in [3.05, 3.63) is 53.9 Å². The minimum Gasteiger partial charge on any atom is -0.491 e. The predicted octanol–water partition coefficient (Wildman–Crippen LogP) is 2.79. The minimum atomic E-state index is -0.00377. The first kappa shape index (κ1) is 19.3. The number of pyridine rings is 1. The Morgan fingerprint density at radius 2 is 2.14 bits per heavy atom. The van der Waals surface area contributed by atoms with E-state index in [1.165, 1.54) is 0 Å². The Bertz CT molecular complexity index is 953. The summed E-state index contributed by atoms with van der Waals surface area (Å²) in [5, 5.41) is 0. The highest BCUT2D eigenvalue weighted by molar-refractivity contribution is 6.21. The zero-order chi connectivity index (χ0) is 20.2. The number of carbonyl (C=O) groups is 1. The Balaban J connectivity index is 1.60. The number of para-hydroxylation sites is 1. The molecular formula is C22H25N5O2. The second-order valence-corrected chi connectivity index (χ2v) is 7.38. The summed E-state index contributed by atoms with van der Waals surface area (Å²) in [7, 11) is 4.10. The zero-order valence-electron chi connectivity index (χ0n) is 16.8. The second kappa shape index (κ2) is 8.53. The van der Waals surface area contributed by atoms with Gasteiger partial charge in [-0.05, 0) is 44.8 Å². The zero-order valence-corrected chi connectivity index (χ0v) is 16.8. The van der Waals surface area contributed by atoms with Crippen molar-refractivity contribution in [3.8, 4) is 5.75 Å². The molecule has 0 saturated heterocycles. The van der Waals surface area contributed by atoms with Gasteiger partial charge in [-0.25, -0.2) is 4.99 Å². The monoisotopic (exact) mass is 391 g/mol.